The summed E-state index contributed by atoms with van der Waals surface area (Å²) in [6, 6.07) is 39.1. The molecule has 2 aliphatic rings. The molecule has 0 atom stereocenters. The molecule has 0 spiro atoms. The Balaban J connectivity index is 1.20. The quantitative estimate of drug-likeness (QED) is 0.171. The van der Waals surface area contributed by atoms with Crippen LogP contribution in [0.4, 0.5) is 34.1 Å². The van der Waals surface area contributed by atoms with E-state index in [2.05, 4.69) is 119 Å². The third-order valence-electron chi connectivity index (χ3n) is 8.56. The number of pyridine rings is 2. The zero-order valence-corrected chi connectivity index (χ0v) is 27.6. The first-order valence-electron chi connectivity index (χ1n) is 15.0. The summed E-state index contributed by atoms with van der Waals surface area (Å²) >= 11 is 0.473. The molecule has 0 fully saturated rings. The number of aromatic nitrogens is 4. The van der Waals surface area contributed by atoms with Crippen molar-refractivity contribution in [3.05, 3.63) is 134 Å². The molecule has 0 unspecified atom stereocenters. The van der Waals surface area contributed by atoms with Crippen LogP contribution in [-0.4, -0.2) is 49.8 Å². The van der Waals surface area contributed by atoms with E-state index in [1.54, 1.807) is 12.4 Å². The summed E-state index contributed by atoms with van der Waals surface area (Å²) in [4.78, 5) is 24.7. The molecule has 5 heterocycles. The Morgan fingerprint density at radius 2 is 0.717 bits per heavy atom. The average molecular weight is 721 g/mol. The molecule has 0 aliphatic carbocycles. The van der Waals surface area contributed by atoms with Crippen LogP contribution in [0.3, 0.4) is 0 Å². The van der Waals surface area contributed by atoms with E-state index in [1.807, 2.05) is 12.4 Å². The fourth-order valence-electron chi connectivity index (χ4n) is 6.59. The van der Waals surface area contributed by atoms with E-state index in [9.17, 15) is 0 Å². The van der Waals surface area contributed by atoms with Crippen molar-refractivity contribution in [2.45, 2.75) is 0 Å². The minimum atomic E-state index is 0.236. The molecular weight excluding hydrogens is 698 g/mol. The minimum absolute atomic E-state index is 0.236. The Morgan fingerprint density at radius 3 is 1.09 bits per heavy atom. The van der Waals surface area contributed by atoms with Gasteiger partial charge in [-0.2, -0.15) is 0 Å². The van der Waals surface area contributed by atoms with Crippen molar-refractivity contribution in [3.63, 3.8) is 0 Å². The monoisotopic (exact) mass is 722 g/mol. The van der Waals surface area contributed by atoms with Crippen LogP contribution in [0, 0.1) is 0 Å². The zero-order valence-electron chi connectivity index (χ0n) is 24.2. The van der Waals surface area contributed by atoms with Crippen LogP contribution in [0.1, 0.15) is 0 Å². The van der Waals surface area contributed by atoms with Gasteiger partial charge >= 0.3 is 278 Å². The van der Waals surface area contributed by atoms with Crippen molar-refractivity contribution in [3.8, 4) is 0 Å². The number of nitrogens with zero attached hydrogens (tertiary/aromatic N) is 6. The normalized spacial score (nSPS) is 13.4. The molecule has 0 amide bonds. The molecule has 6 nitrogen and oxygen atoms in total. The summed E-state index contributed by atoms with van der Waals surface area (Å²) in [5.41, 5.74) is 10.1. The van der Waals surface area contributed by atoms with Gasteiger partial charge in [0.15, 0.2) is 0 Å². The summed E-state index contributed by atoms with van der Waals surface area (Å²) in [7, 11) is 0. The summed E-state index contributed by atoms with van der Waals surface area (Å²) in [5, 5.41) is 1.88. The summed E-state index contributed by atoms with van der Waals surface area (Å²) in [6.45, 7) is 0. The van der Waals surface area contributed by atoms with E-state index in [1.165, 1.54) is 40.6 Å². The first kappa shape index (κ1) is 26.1. The molecular formula is C38H22N6Se2. The van der Waals surface area contributed by atoms with Crippen molar-refractivity contribution in [1.29, 1.82) is 0 Å². The molecule has 46 heavy (non-hydrogen) atoms. The van der Waals surface area contributed by atoms with E-state index >= 15 is 0 Å². The van der Waals surface area contributed by atoms with Gasteiger partial charge < -0.3 is 0 Å². The maximum atomic E-state index is 5.12. The van der Waals surface area contributed by atoms with Gasteiger partial charge in [0.1, 0.15) is 0 Å². The van der Waals surface area contributed by atoms with Crippen LogP contribution in [0.5, 0.6) is 0 Å². The molecule has 216 valence electrons. The Hall–Kier alpha value is -5.10. The summed E-state index contributed by atoms with van der Waals surface area (Å²) < 4.78 is 5.42. The van der Waals surface area contributed by atoms with E-state index < -0.39 is 0 Å². The van der Waals surface area contributed by atoms with Crippen molar-refractivity contribution in [2.24, 2.45) is 0 Å². The predicted octanol–water partition coefficient (Wildman–Crippen LogP) is 5.60. The molecule has 0 bridgehead atoms. The molecule has 10 rings (SSSR count). The number of anilines is 6. The molecule has 8 heteroatoms. The van der Waals surface area contributed by atoms with Gasteiger partial charge in [0.25, 0.3) is 0 Å². The van der Waals surface area contributed by atoms with Crippen molar-refractivity contribution >= 4 is 115 Å². The molecule has 2 aliphatic heterocycles. The number of rotatable bonds is 2. The van der Waals surface area contributed by atoms with Gasteiger partial charge in [-0.05, 0) is 0 Å². The van der Waals surface area contributed by atoms with Gasteiger partial charge in [0.2, 0.25) is 0 Å². The van der Waals surface area contributed by atoms with E-state index in [0.29, 0.717) is 0 Å². The van der Waals surface area contributed by atoms with Crippen LogP contribution in [0.2, 0.25) is 0 Å². The predicted molar refractivity (Wildman–Crippen MR) is 190 cm³/mol. The first-order chi connectivity index (χ1) is 22.8. The maximum absolute atomic E-state index is 5.12. The van der Waals surface area contributed by atoms with Gasteiger partial charge in [-0.25, -0.2) is 0 Å². The van der Waals surface area contributed by atoms with E-state index in [4.69, 9.17) is 19.9 Å². The fourth-order valence-corrected chi connectivity index (χ4v) is 11.0. The van der Waals surface area contributed by atoms with Crippen molar-refractivity contribution in [2.75, 3.05) is 9.80 Å². The van der Waals surface area contributed by atoms with Crippen LogP contribution in [-0.2, 0) is 0 Å². The average Bonchev–Trinajstić information content (AvgIpc) is 3.12. The SMILES string of the molecule is c1ccc2c(c1)[Se]c1ccccc1N2c1cnc2c(c1)c1nccnc1c1cc(N3c4ccccc4[Se]c4ccccc43)cnc12. The zero-order chi connectivity index (χ0) is 30.2. The first-order valence-corrected chi connectivity index (χ1v) is 18.4. The van der Waals surface area contributed by atoms with Gasteiger partial charge in [-0.15, -0.1) is 0 Å². The molecule has 0 saturated heterocycles. The third kappa shape index (κ3) is 3.89. The van der Waals surface area contributed by atoms with Gasteiger partial charge in [-0.1, -0.05) is 0 Å². The molecule has 5 aromatic carbocycles. The van der Waals surface area contributed by atoms with E-state index in [0.717, 1.165) is 44.2 Å². The third-order valence-corrected chi connectivity index (χ3v) is 13.3. The van der Waals surface area contributed by atoms with Gasteiger partial charge in [-0.3, -0.25) is 0 Å². The topological polar surface area (TPSA) is 58.0 Å². The van der Waals surface area contributed by atoms with Crippen LogP contribution >= 0.6 is 0 Å². The standard InChI is InChI=1S/C38H22N6Se2/c1-5-13-31-27(9-1)43(28-10-2-6-14-32(28)45-31)23-19-25-35-36(40-18-17-39-35)26-20-24(22-42-38(26)37(25)41-21-23)44-29-11-3-7-15-33(29)46-34-16-8-4-12-30(34)44/h1-22H. The van der Waals surface area contributed by atoms with Crippen molar-refractivity contribution in [1.82, 2.24) is 19.9 Å². The molecule has 0 N–H and O–H groups in total. The Labute approximate surface area is 277 Å². The van der Waals surface area contributed by atoms with Gasteiger partial charge in [0, 0.05) is 0 Å². The number of fused-ring (bicyclic) bond motifs is 10. The molecule has 0 saturated carbocycles. The van der Waals surface area contributed by atoms with Crippen molar-refractivity contribution < 1.29 is 0 Å². The van der Waals surface area contributed by atoms with Crippen LogP contribution in [0.15, 0.2) is 134 Å². The van der Waals surface area contributed by atoms with Crippen LogP contribution < -0.4 is 27.6 Å². The summed E-state index contributed by atoms with van der Waals surface area (Å²) in [5.74, 6) is 0. The Kier molecular flexibility index (Phi) is 5.80. The molecule has 3 aromatic heterocycles. The fraction of sp³-hybridized carbons (Fsp3) is 0. The number of para-hydroxylation sites is 4. The second kappa shape index (κ2) is 10.2. The Morgan fingerprint density at radius 1 is 0.391 bits per heavy atom. The van der Waals surface area contributed by atoms with E-state index in [-0.39, 0.29) is 29.9 Å². The van der Waals surface area contributed by atoms with Crippen LogP contribution in [0.25, 0.3) is 32.8 Å². The number of hydrogen-bond donors (Lipinski definition) is 0. The number of hydrogen-bond acceptors (Lipinski definition) is 6. The second-order valence-electron chi connectivity index (χ2n) is 11.2. The second-order valence-corrected chi connectivity index (χ2v) is 15.7. The van der Waals surface area contributed by atoms with Gasteiger partial charge in [0.05, 0.1) is 0 Å². The summed E-state index contributed by atoms with van der Waals surface area (Å²) in [6.07, 6.45) is 7.49. The molecule has 0 radical (unpaired) electrons. The number of benzene rings is 5. The molecule has 8 aromatic rings. The Bertz CT molecular complexity index is 2250.